The Morgan fingerprint density at radius 2 is 1.75 bits per heavy atom. The molecule has 0 heterocycles. The summed E-state index contributed by atoms with van der Waals surface area (Å²) in [5.41, 5.74) is 0. The highest BCUT2D eigenvalue weighted by atomic mass is 127. The Morgan fingerprint density at radius 1 is 1.08 bits per heavy atom. The molecular formula is C17H33IN4OS. The van der Waals surface area contributed by atoms with Gasteiger partial charge >= 0.3 is 0 Å². The SMILES string of the molecule is CSC1CCC(NC(=NCC(=O)N(C)C)NC2CCCCC2)C1.I. The number of nitrogens with zero attached hydrogens (tertiary/aromatic N) is 2. The average molecular weight is 468 g/mol. The highest BCUT2D eigenvalue weighted by Crippen LogP contribution is 2.28. The summed E-state index contributed by atoms with van der Waals surface area (Å²) in [6, 6.07) is 0.985. The van der Waals surface area contributed by atoms with Crippen LogP contribution in [0.5, 0.6) is 0 Å². The minimum absolute atomic E-state index is 0. The van der Waals surface area contributed by atoms with E-state index >= 15 is 0 Å². The van der Waals surface area contributed by atoms with Crippen LogP contribution in [0.25, 0.3) is 0 Å². The zero-order valence-electron chi connectivity index (χ0n) is 15.2. The molecule has 0 aromatic heterocycles. The van der Waals surface area contributed by atoms with Gasteiger partial charge in [0.25, 0.3) is 0 Å². The lowest BCUT2D eigenvalue weighted by molar-refractivity contribution is -0.127. The van der Waals surface area contributed by atoms with Gasteiger partial charge in [-0.2, -0.15) is 11.8 Å². The Balaban J connectivity index is 0.00000288. The van der Waals surface area contributed by atoms with Crippen LogP contribution in [0.2, 0.25) is 0 Å². The van der Waals surface area contributed by atoms with Crippen molar-refractivity contribution in [2.75, 3.05) is 26.9 Å². The molecule has 24 heavy (non-hydrogen) atoms. The lowest BCUT2D eigenvalue weighted by Crippen LogP contribution is -2.48. The van der Waals surface area contributed by atoms with Crippen LogP contribution in [0, 0.1) is 0 Å². The number of thioether (sulfide) groups is 1. The first-order chi connectivity index (χ1) is 11.1. The van der Waals surface area contributed by atoms with E-state index < -0.39 is 0 Å². The van der Waals surface area contributed by atoms with Crippen molar-refractivity contribution >= 4 is 47.6 Å². The van der Waals surface area contributed by atoms with E-state index in [0.29, 0.717) is 12.1 Å². The van der Waals surface area contributed by atoms with E-state index in [0.717, 1.165) is 11.2 Å². The third kappa shape index (κ3) is 7.37. The van der Waals surface area contributed by atoms with Crippen LogP contribution in [-0.2, 0) is 4.79 Å². The van der Waals surface area contributed by atoms with Gasteiger partial charge in [-0.3, -0.25) is 4.79 Å². The predicted octanol–water partition coefficient (Wildman–Crippen LogP) is 2.84. The average Bonchev–Trinajstić information content (AvgIpc) is 3.00. The summed E-state index contributed by atoms with van der Waals surface area (Å²) >= 11 is 1.96. The molecule has 0 aromatic rings. The smallest absolute Gasteiger partial charge is 0.243 e. The van der Waals surface area contributed by atoms with Crippen LogP contribution < -0.4 is 10.6 Å². The number of nitrogens with one attached hydrogen (secondary N) is 2. The summed E-state index contributed by atoms with van der Waals surface area (Å²) in [5.74, 6) is 0.877. The molecule has 5 nitrogen and oxygen atoms in total. The van der Waals surface area contributed by atoms with E-state index in [1.807, 2.05) is 11.8 Å². The summed E-state index contributed by atoms with van der Waals surface area (Å²) in [5, 5.41) is 7.90. The molecule has 0 aromatic carbocycles. The number of carbonyl (C=O) groups excluding carboxylic acids is 1. The molecule has 2 N–H and O–H groups in total. The molecule has 0 bridgehead atoms. The summed E-state index contributed by atoms with van der Waals surface area (Å²) < 4.78 is 0. The van der Waals surface area contributed by atoms with Crippen LogP contribution in [0.4, 0.5) is 0 Å². The lowest BCUT2D eigenvalue weighted by atomic mass is 9.96. The van der Waals surface area contributed by atoms with Gasteiger partial charge in [-0.25, -0.2) is 4.99 Å². The molecule has 2 aliphatic rings. The fourth-order valence-electron chi connectivity index (χ4n) is 3.34. The number of likely N-dealkylation sites (N-methyl/N-ethyl adjacent to an activating group) is 1. The Labute approximate surface area is 168 Å². The Hall–Kier alpha value is -0.180. The fourth-order valence-corrected chi connectivity index (χ4v) is 4.14. The molecule has 2 unspecified atom stereocenters. The standard InChI is InChI=1S/C17H32N4OS.HI/c1-21(2)16(22)12-18-17(19-13-7-5-4-6-8-13)20-14-9-10-15(11-14)23-3;/h13-15H,4-12H2,1-3H3,(H2,18,19,20);1H. The van der Waals surface area contributed by atoms with Crippen LogP contribution in [0.15, 0.2) is 4.99 Å². The van der Waals surface area contributed by atoms with Gasteiger partial charge in [-0.1, -0.05) is 19.3 Å². The van der Waals surface area contributed by atoms with Crippen molar-refractivity contribution < 1.29 is 4.79 Å². The minimum atomic E-state index is 0. The van der Waals surface area contributed by atoms with Gasteiger partial charge in [0.2, 0.25) is 5.91 Å². The molecule has 140 valence electrons. The summed E-state index contributed by atoms with van der Waals surface area (Å²) in [6.45, 7) is 0.216. The molecule has 0 saturated heterocycles. The van der Waals surface area contributed by atoms with Crippen molar-refractivity contribution in [1.82, 2.24) is 15.5 Å². The van der Waals surface area contributed by atoms with Crippen molar-refractivity contribution in [2.45, 2.75) is 68.7 Å². The predicted molar refractivity (Wildman–Crippen MR) is 114 cm³/mol. The van der Waals surface area contributed by atoms with Gasteiger partial charge < -0.3 is 15.5 Å². The molecule has 2 aliphatic carbocycles. The van der Waals surface area contributed by atoms with E-state index in [1.165, 1.54) is 51.4 Å². The number of carbonyl (C=O) groups is 1. The molecule has 2 atom stereocenters. The van der Waals surface area contributed by atoms with Crippen molar-refractivity contribution in [3.8, 4) is 0 Å². The van der Waals surface area contributed by atoms with Crippen LogP contribution in [-0.4, -0.2) is 61.0 Å². The molecular weight excluding hydrogens is 435 g/mol. The molecule has 1 amide bonds. The molecule has 7 heteroatoms. The second kappa shape index (κ2) is 11.4. The van der Waals surface area contributed by atoms with Crippen LogP contribution in [0.1, 0.15) is 51.4 Å². The molecule has 0 aliphatic heterocycles. The van der Waals surface area contributed by atoms with E-state index in [9.17, 15) is 4.79 Å². The molecule has 0 radical (unpaired) electrons. The van der Waals surface area contributed by atoms with Crippen LogP contribution >= 0.6 is 35.7 Å². The normalized spacial score (nSPS) is 25.0. The summed E-state index contributed by atoms with van der Waals surface area (Å²) in [6.07, 6.45) is 12.2. The Bertz CT molecular complexity index is 413. The van der Waals surface area contributed by atoms with E-state index in [-0.39, 0.29) is 36.4 Å². The van der Waals surface area contributed by atoms with Gasteiger partial charge in [-0.05, 0) is 38.4 Å². The number of rotatable bonds is 5. The van der Waals surface area contributed by atoms with Crippen LogP contribution in [0.3, 0.4) is 0 Å². The lowest BCUT2D eigenvalue weighted by Gasteiger charge is -2.26. The number of guanidine groups is 1. The van der Waals surface area contributed by atoms with Gasteiger partial charge in [-0.15, -0.1) is 24.0 Å². The first kappa shape index (κ1) is 21.9. The topological polar surface area (TPSA) is 56.7 Å². The zero-order chi connectivity index (χ0) is 16.7. The molecule has 2 saturated carbocycles. The maximum absolute atomic E-state index is 11.8. The molecule has 0 spiro atoms. The second-order valence-corrected chi connectivity index (χ2v) is 8.08. The van der Waals surface area contributed by atoms with Crippen molar-refractivity contribution in [3.05, 3.63) is 0 Å². The maximum Gasteiger partial charge on any atom is 0.243 e. The highest BCUT2D eigenvalue weighted by molar-refractivity contribution is 14.0. The second-order valence-electron chi connectivity index (χ2n) is 6.94. The zero-order valence-corrected chi connectivity index (χ0v) is 18.4. The highest BCUT2D eigenvalue weighted by Gasteiger charge is 2.25. The van der Waals surface area contributed by atoms with Gasteiger partial charge in [0, 0.05) is 31.4 Å². The van der Waals surface area contributed by atoms with Gasteiger partial charge in [0.05, 0.1) is 0 Å². The van der Waals surface area contributed by atoms with Gasteiger partial charge in [0.15, 0.2) is 5.96 Å². The Morgan fingerprint density at radius 3 is 2.33 bits per heavy atom. The summed E-state index contributed by atoms with van der Waals surface area (Å²) in [4.78, 5) is 18.0. The quantitative estimate of drug-likeness (QED) is 0.370. The fraction of sp³-hybridized carbons (Fsp3) is 0.882. The van der Waals surface area contributed by atoms with Crippen molar-refractivity contribution in [2.24, 2.45) is 4.99 Å². The number of hydrogen-bond donors (Lipinski definition) is 2. The number of halogens is 1. The number of hydrogen-bond acceptors (Lipinski definition) is 3. The molecule has 2 rings (SSSR count). The monoisotopic (exact) mass is 468 g/mol. The third-order valence-electron chi connectivity index (χ3n) is 4.88. The van der Waals surface area contributed by atoms with E-state index in [1.54, 1.807) is 19.0 Å². The first-order valence-electron chi connectivity index (χ1n) is 8.89. The van der Waals surface area contributed by atoms with Crippen molar-refractivity contribution in [1.29, 1.82) is 0 Å². The van der Waals surface area contributed by atoms with Gasteiger partial charge in [0.1, 0.15) is 6.54 Å². The number of amides is 1. The largest absolute Gasteiger partial charge is 0.354 e. The Kier molecular flexibility index (Phi) is 10.4. The van der Waals surface area contributed by atoms with Crippen molar-refractivity contribution in [3.63, 3.8) is 0 Å². The maximum atomic E-state index is 11.8. The third-order valence-corrected chi connectivity index (χ3v) is 5.97. The first-order valence-corrected chi connectivity index (χ1v) is 10.2. The van der Waals surface area contributed by atoms with E-state index in [4.69, 9.17) is 0 Å². The molecule has 2 fully saturated rings. The number of aliphatic imine (C=N–C) groups is 1. The van der Waals surface area contributed by atoms with E-state index in [2.05, 4.69) is 21.9 Å². The minimum Gasteiger partial charge on any atom is -0.354 e. The summed E-state index contributed by atoms with van der Waals surface area (Å²) in [7, 11) is 3.55.